The van der Waals surface area contributed by atoms with E-state index in [2.05, 4.69) is 5.10 Å². The molecule has 4 aromatic rings. The van der Waals surface area contributed by atoms with Crippen molar-refractivity contribution >= 4 is 22.2 Å². The van der Waals surface area contributed by atoms with Crippen molar-refractivity contribution < 1.29 is 4.73 Å². The fraction of sp³-hybridized carbons (Fsp3) is 0.0588. The van der Waals surface area contributed by atoms with Crippen LogP contribution >= 0.6 is 11.3 Å². The molecule has 0 spiro atoms. The van der Waals surface area contributed by atoms with Crippen LogP contribution in [-0.2, 0) is 0 Å². The van der Waals surface area contributed by atoms with Crippen LogP contribution in [0, 0.1) is 12.1 Å². The molecular formula is C17H13N3OS. The zero-order valence-corrected chi connectivity index (χ0v) is 12.7. The van der Waals surface area contributed by atoms with Gasteiger partial charge in [0, 0.05) is 11.4 Å². The van der Waals surface area contributed by atoms with E-state index in [1.54, 1.807) is 17.5 Å². The lowest BCUT2D eigenvalue weighted by Crippen LogP contribution is -2.28. The van der Waals surface area contributed by atoms with Gasteiger partial charge in [0.05, 0.1) is 27.8 Å². The van der Waals surface area contributed by atoms with Crippen molar-refractivity contribution in [3.8, 4) is 16.9 Å². The van der Waals surface area contributed by atoms with E-state index in [0.717, 1.165) is 32.6 Å². The molecule has 0 fully saturated rings. The summed E-state index contributed by atoms with van der Waals surface area (Å²) in [6.07, 6.45) is 1.62. The van der Waals surface area contributed by atoms with Gasteiger partial charge in [-0.1, -0.05) is 18.2 Å². The van der Waals surface area contributed by atoms with E-state index in [1.807, 2.05) is 64.8 Å². The van der Waals surface area contributed by atoms with Gasteiger partial charge >= 0.3 is 0 Å². The van der Waals surface area contributed by atoms with Crippen molar-refractivity contribution in [2.24, 2.45) is 0 Å². The maximum Gasteiger partial charge on any atom is 0.226 e. The Kier molecular flexibility index (Phi) is 2.94. The number of rotatable bonds is 2. The van der Waals surface area contributed by atoms with Crippen molar-refractivity contribution in [3.05, 3.63) is 70.3 Å². The summed E-state index contributed by atoms with van der Waals surface area (Å²) in [5.74, 6) is 0. The topological polar surface area (TPSA) is 44.8 Å². The van der Waals surface area contributed by atoms with Gasteiger partial charge in [-0.05, 0) is 30.5 Å². The highest BCUT2D eigenvalue weighted by molar-refractivity contribution is 7.08. The number of aromatic nitrogens is 3. The van der Waals surface area contributed by atoms with Crippen LogP contribution in [0.15, 0.2) is 59.4 Å². The summed E-state index contributed by atoms with van der Waals surface area (Å²) in [4.78, 5) is 0. The molecule has 0 saturated carbocycles. The molecule has 4 rings (SSSR count). The molecule has 3 aromatic heterocycles. The first kappa shape index (κ1) is 13.0. The van der Waals surface area contributed by atoms with Gasteiger partial charge in [0.1, 0.15) is 0 Å². The Morgan fingerprint density at radius 2 is 2.00 bits per heavy atom. The highest BCUT2D eigenvalue weighted by Crippen LogP contribution is 2.26. The van der Waals surface area contributed by atoms with Crippen molar-refractivity contribution in [2.45, 2.75) is 6.92 Å². The molecular weight excluding hydrogens is 294 g/mol. The predicted octanol–water partition coefficient (Wildman–Crippen LogP) is 3.70. The summed E-state index contributed by atoms with van der Waals surface area (Å²) >= 11 is 1.58. The largest absolute Gasteiger partial charge is 0.618 e. The lowest BCUT2D eigenvalue weighted by atomic mass is 10.2. The number of nitrogens with zero attached hydrogens (tertiary/aromatic N) is 3. The predicted molar refractivity (Wildman–Crippen MR) is 88.1 cm³/mol. The minimum Gasteiger partial charge on any atom is -0.618 e. The Morgan fingerprint density at radius 1 is 1.18 bits per heavy atom. The molecule has 0 amide bonds. The van der Waals surface area contributed by atoms with Crippen molar-refractivity contribution in [3.63, 3.8) is 0 Å². The van der Waals surface area contributed by atoms with Gasteiger partial charge in [0.2, 0.25) is 5.69 Å². The third-order valence-corrected chi connectivity index (χ3v) is 4.40. The number of hydrogen-bond donors (Lipinski definition) is 0. The number of pyridine rings is 1. The van der Waals surface area contributed by atoms with Gasteiger partial charge in [0.15, 0.2) is 6.20 Å². The Labute approximate surface area is 131 Å². The summed E-state index contributed by atoms with van der Waals surface area (Å²) in [6, 6.07) is 13.8. The van der Waals surface area contributed by atoms with E-state index in [9.17, 15) is 5.21 Å². The summed E-state index contributed by atoms with van der Waals surface area (Å²) in [5, 5.41) is 21.7. The molecule has 0 unspecified atom stereocenters. The van der Waals surface area contributed by atoms with Gasteiger partial charge in [0.25, 0.3) is 0 Å². The average Bonchev–Trinajstić information content (AvgIpc) is 3.16. The maximum atomic E-state index is 12.3. The molecule has 4 nitrogen and oxygen atoms in total. The highest BCUT2D eigenvalue weighted by Gasteiger charge is 2.17. The summed E-state index contributed by atoms with van der Waals surface area (Å²) in [5.41, 5.74) is 4.35. The normalized spacial score (nSPS) is 11.1. The number of para-hydroxylation sites is 1. The third kappa shape index (κ3) is 1.98. The molecule has 5 heteroatoms. The average molecular weight is 307 g/mol. The first-order valence-electron chi connectivity index (χ1n) is 6.94. The molecule has 0 aliphatic heterocycles. The highest BCUT2D eigenvalue weighted by atomic mass is 32.1. The van der Waals surface area contributed by atoms with Crippen LogP contribution in [0.5, 0.6) is 0 Å². The second-order valence-electron chi connectivity index (χ2n) is 5.13. The van der Waals surface area contributed by atoms with Crippen molar-refractivity contribution in [1.29, 1.82) is 0 Å². The molecule has 0 saturated heterocycles. The van der Waals surface area contributed by atoms with Gasteiger partial charge in [-0.3, -0.25) is 0 Å². The second-order valence-corrected chi connectivity index (χ2v) is 5.91. The van der Waals surface area contributed by atoms with Gasteiger partial charge < -0.3 is 5.21 Å². The molecule has 0 aliphatic rings. The first-order valence-corrected chi connectivity index (χ1v) is 7.89. The molecule has 108 valence electrons. The van der Waals surface area contributed by atoms with Gasteiger partial charge in [-0.2, -0.15) is 21.2 Å². The van der Waals surface area contributed by atoms with Crippen LogP contribution in [-0.4, -0.2) is 9.78 Å². The Morgan fingerprint density at radius 3 is 2.73 bits per heavy atom. The molecule has 1 aromatic carbocycles. The van der Waals surface area contributed by atoms with E-state index in [1.165, 1.54) is 0 Å². The molecule has 0 aliphatic carbocycles. The number of fused-ring (bicyclic) bond motifs is 1. The van der Waals surface area contributed by atoms with E-state index in [4.69, 9.17) is 0 Å². The number of hydrogen-bond acceptors (Lipinski definition) is 3. The monoisotopic (exact) mass is 307 g/mol. The van der Waals surface area contributed by atoms with Crippen LogP contribution in [0.1, 0.15) is 5.69 Å². The SMILES string of the molecule is Cc1nn(-c2ccccc2)c2cc(-c3ccsc3)[n+]([O-])cc12. The summed E-state index contributed by atoms with van der Waals surface area (Å²) in [6.45, 7) is 1.92. The van der Waals surface area contributed by atoms with E-state index >= 15 is 0 Å². The minimum atomic E-state index is 0.644. The second kappa shape index (κ2) is 4.96. The summed E-state index contributed by atoms with van der Waals surface area (Å²) < 4.78 is 2.81. The Hall–Kier alpha value is -2.66. The molecule has 0 N–H and O–H groups in total. The van der Waals surface area contributed by atoms with Crippen LogP contribution in [0.4, 0.5) is 0 Å². The van der Waals surface area contributed by atoms with Gasteiger partial charge in [-0.15, -0.1) is 0 Å². The smallest absolute Gasteiger partial charge is 0.226 e. The lowest BCUT2D eigenvalue weighted by Gasteiger charge is -2.06. The standard InChI is InChI=1S/C17H13N3OS/c1-12-15-10-19(21)16(13-7-8-22-11-13)9-17(15)20(18-12)14-5-3-2-4-6-14/h2-11H,1H3. The third-order valence-electron chi connectivity index (χ3n) is 3.72. The van der Waals surface area contributed by atoms with E-state index in [0.29, 0.717) is 5.69 Å². The zero-order valence-electron chi connectivity index (χ0n) is 11.9. The van der Waals surface area contributed by atoms with Crippen LogP contribution in [0.3, 0.4) is 0 Å². The van der Waals surface area contributed by atoms with Gasteiger partial charge in [-0.25, -0.2) is 4.68 Å². The van der Waals surface area contributed by atoms with Crippen LogP contribution in [0.2, 0.25) is 0 Å². The molecule has 3 heterocycles. The minimum absolute atomic E-state index is 0.644. The maximum absolute atomic E-state index is 12.3. The fourth-order valence-electron chi connectivity index (χ4n) is 2.62. The van der Waals surface area contributed by atoms with E-state index < -0.39 is 0 Å². The zero-order chi connectivity index (χ0) is 15.1. The number of aryl methyl sites for hydroxylation is 1. The molecule has 22 heavy (non-hydrogen) atoms. The number of benzene rings is 1. The molecule has 0 atom stereocenters. The number of thiophene rings is 1. The van der Waals surface area contributed by atoms with Crippen LogP contribution in [0.25, 0.3) is 27.8 Å². The molecule has 0 radical (unpaired) electrons. The van der Waals surface area contributed by atoms with Crippen molar-refractivity contribution in [1.82, 2.24) is 9.78 Å². The fourth-order valence-corrected chi connectivity index (χ4v) is 3.27. The van der Waals surface area contributed by atoms with Crippen LogP contribution < -0.4 is 4.73 Å². The Bertz CT molecular complexity index is 943. The van der Waals surface area contributed by atoms with Crippen molar-refractivity contribution in [2.75, 3.05) is 0 Å². The Balaban J connectivity index is 2.02. The quantitative estimate of drug-likeness (QED) is 0.419. The molecule has 0 bridgehead atoms. The van der Waals surface area contributed by atoms with E-state index in [-0.39, 0.29) is 0 Å². The lowest BCUT2D eigenvalue weighted by molar-refractivity contribution is -0.592. The summed E-state index contributed by atoms with van der Waals surface area (Å²) in [7, 11) is 0. The first-order chi connectivity index (χ1) is 10.7.